The number of aryl methyl sites for hydroxylation is 1. The Labute approximate surface area is 374 Å². The number of benzene rings is 6. The molecule has 0 atom stereocenters. The van der Waals surface area contributed by atoms with E-state index in [-0.39, 0.29) is 31.1 Å². The first-order chi connectivity index (χ1) is 29.3. The van der Waals surface area contributed by atoms with E-state index in [1.165, 1.54) is 48.1 Å². The molecule has 59 heavy (non-hydrogen) atoms. The van der Waals surface area contributed by atoms with Crippen LogP contribution in [0.5, 0.6) is 0 Å². The molecule has 0 saturated heterocycles. The molecule has 299 valence electrons. The maximum Gasteiger partial charge on any atom is 0.0799 e. The Hall–Kier alpha value is -4.97. The van der Waals surface area contributed by atoms with E-state index in [9.17, 15) is 0 Å². The van der Waals surface area contributed by atoms with E-state index in [0.717, 1.165) is 44.9 Å². The number of aromatic nitrogens is 3. The molecule has 3 aromatic heterocycles. The molecule has 0 N–H and O–H groups in total. The van der Waals surface area contributed by atoms with Gasteiger partial charge in [0.05, 0.1) is 24.9 Å². The van der Waals surface area contributed by atoms with E-state index in [4.69, 9.17) is 10.5 Å². The number of rotatable bonds is 6. The first-order valence-electron chi connectivity index (χ1n) is 21.8. The quantitative estimate of drug-likeness (QED) is 0.123. The first-order valence-corrected chi connectivity index (χ1v) is 24.1. The molecule has 1 radical (unpaired) electrons. The number of pyridine rings is 1. The van der Waals surface area contributed by atoms with E-state index < -0.39 is 20.8 Å². The zero-order valence-electron chi connectivity index (χ0n) is 38.9. The number of para-hydroxylation sites is 2. The number of imidazole rings is 1. The fraction of sp³-hybridized carbons (Fsp3) is 0.208. The van der Waals surface area contributed by atoms with Gasteiger partial charge in [-0.3, -0.25) is 4.98 Å². The largest absolute Gasteiger partial charge is 0.333 e. The third kappa shape index (κ3) is 8.56. The number of thiophene rings is 1. The van der Waals surface area contributed by atoms with Crippen LogP contribution in [-0.4, -0.2) is 22.6 Å². The maximum absolute atomic E-state index is 8.48. The average molecular weight is 986 g/mol. The van der Waals surface area contributed by atoms with Gasteiger partial charge in [-0.05, 0) is 73.7 Å². The molecule has 6 heteroatoms. The van der Waals surface area contributed by atoms with Crippen LogP contribution in [0.15, 0.2) is 140 Å². The van der Waals surface area contributed by atoms with E-state index in [0.29, 0.717) is 0 Å². The molecule has 0 bridgehead atoms. The summed E-state index contributed by atoms with van der Waals surface area (Å²) in [7, 11) is -1.61. The summed E-state index contributed by atoms with van der Waals surface area (Å²) in [6, 6.07) is 52.3. The molecule has 0 unspecified atom stereocenters. The zero-order chi connectivity index (χ0) is 44.2. The van der Waals surface area contributed by atoms with Gasteiger partial charge >= 0.3 is 0 Å². The van der Waals surface area contributed by atoms with Crippen molar-refractivity contribution in [3.05, 3.63) is 168 Å². The number of hydrogen-bond acceptors (Lipinski definition) is 3. The van der Waals surface area contributed by atoms with Crippen LogP contribution in [0.4, 0.5) is 0 Å². The van der Waals surface area contributed by atoms with Gasteiger partial charge in [-0.2, -0.15) is 11.3 Å². The molecule has 0 spiro atoms. The molecular weight excluding hydrogens is 931 g/mol. The second kappa shape index (κ2) is 16.9. The van der Waals surface area contributed by atoms with Crippen molar-refractivity contribution in [1.82, 2.24) is 14.5 Å². The van der Waals surface area contributed by atoms with Gasteiger partial charge in [0, 0.05) is 47.7 Å². The molecule has 0 saturated carbocycles. The second-order valence-corrected chi connectivity index (χ2v) is 23.2. The topological polar surface area (TPSA) is 30.7 Å². The smallest absolute Gasteiger partial charge is 0.0799 e. The van der Waals surface area contributed by atoms with E-state index in [2.05, 4.69) is 165 Å². The van der Waals surface area contributed by atoms with Crippen LogP contribution in [0.25, 0.3) is 70.7 Å². The van der Waals surface area contributed by atoms with Gasteiger partial charge in [0.2, 0.25) is 0 Å². The standard InChI is InChI=1S/C35H27N2S.C18H24NSi.Ir/c1-35(2,3)24-20-21-30(28(22-24)23-12-5-4-6-13-23)37-31-18-9-8-17-29(31)36-34(37)27-16-11-15-26-25-14-7-10-19-32(25)38-33(26)27;1-13(2)16-11-17(15-9-7-14(3)8-10-15)19-12-18(16)20(4,5)6;/h4-15,17-22H,1-3H3;7-9,11-13H,1-6H3;/q2*-1;/i;3D3,13D;. The van der Waals surface area contributed by atoms with E-state index in [1.54, 1.807) is 12.1 Å². The molecule has 9 aromatic rings. The molecule has 0 aliphatic rings. The third-order valence-corrected chi connectivity index (χ3v) is 13.9. The molecular formula is C53H51IrN3SSi-2. The van der Waals surface area contributed by atoms with Crippen LogP contribution in [0.3, 0.4) is 0 Å². The minimum atomic E-state index is -2.13. The summed E-state index contributed by atoms with van der Waals surface area (Å²) in [5, 5.41) is 3.72. The van der Waals surface area contributed by atoms with Gasteiger partial charge in [-0.1, -0.05) is 150 Å². The fourth-order valence-electron chi connectivity index (χ4n) is 7.54. The van der Waals surface area contributed by atoms with E-state index in [1.807, 2.05) is 43.5 Å². The van der Waals surface area contributed by atoms with Gasteiger partial charge in [0.15, 0.2) is 0 Å². The molecule has 0 fully saturated rings. The number of hydrogen-bond donors (Lipinski definition) is 0. The Kier molecular flexibility index (Phi) is 10.6. The van der Waals surface area contributed by atoms with E-state index >= 15 is 0 Å². The van der Waals surface area contributed by atoms with Crippen LogP contribution < -0.4 is 5.19 Å². The Morgan fingerprint density at radius 3 is 2.27 bits per heavy atom. The first kappa shape index (κ1) is 37.1. The number of nitrogens with zero attached hydrogens (tertiary/aromatic N) is 3. The molecule has 0 aliphatic heterocycles. The van der Waals surface area contributed by atoms with Crippen LogP contribution in [0, 0.1) is 19.0 Å². The molecule has 6 aromatic carbocycles. The summed E-state index contributed by atoms with van der Waals surface area (Å²) < 4.78 is 35.6. The molecule has 9 rings (SSSR count). The summed E-state index contributed by atoms with van der Waals surface area (Å²) in [6.07, 6.45) is 1.89. The van der Waals surface area contributed by atoms with Gasteiger partial charge in [0.1, 0.15) is 0 Å². The van der Waals surface area contributed by atoms with Gasteiger partial charge in [-0.15, -0.1) is 53.6 Å². The third-order valence-electron chi connectivity index (χ3n) is 10.7. The molecule has 3 heterocycles. The van der Waals surface area contributed by atoms with Crippen molar-refractivity contribution in [2.75, 3.05) is 0 Å². The van der Waals surface area contributed by atoms with Gasteiger partial charge in [0.25, 0.3) is 0 Å². The predicted molar refractivity (Wildman–Crippen MR) is 253 cm³/mol. The summed E-state index contributed by atoms with van der Waals surface area (Å²) >= 11 is 1.82. The molecule has 0 amide bonds. The SMILES string of the molecule is CC(C)(C)c1ccc(-n2c(-c3[c-]ccc4c3sc3ccccc34)nc3ccccc32)c(-c2ccccc2)c1.[2H]C([2H])([2H])c1c[c-]c(-c2cc(C([2H])(C)C)c([Si](C)(C)C)cn2)cc1.[Ir]. The molecule has 3 nitrogen and oxygen atoms in total. The summed E-state index contributed by atoms with van der Waals surface area (Å²) in [5.74, 6) is 0.204. The van der Waals surface area contributed by atoms with Crippen molar-refractivity contribution in [2.45, 2.75) is 72.4 Å². The van der Waals surface area contributed by atoms with Crippen LogP contribution in [0.1, 0.15) is 62.7 Å². The minimum absolute atomic E-state index is 0. The second-order valence-electron chi connectivity index (χ2n) is 17.2. The minimum Gasteiger partial charge on any atom is -0.333 e. The van der Waals surface area contributed by atoms with Crippen LogP contribution in [-0.2, 0) is 25.5 Å². The van der Waals surface area contributed by atoms with Crippen molar-refractivity contribution >= 4 is 55.8 Å². The fourth-order valence-corrected chi connectivity index (χ4v) is 10.3. The Balaban J connectivity index is 0.000000207. The normalized spacial score (nSPS) is 13.2. The predicted octanol–water partition coefficient (Wildman–Crippen LogP) is 14.3. The average Bonchev–Trinajstić information content (AvgIpc) is 3.82. The zero-order valence-corrected chi connectivity index (χ0v) is 39.1. The monoisotopic (exact) mass is 986 g/mol. The van der Waals surface area contributed by atoms with Crippen molar-refractivity contribution in [1.29, 1.82) is 0 Å². The van der Waals surface area contributed by atoms with Crippen molar-refractivity contribution in [2.24, 2.45) is 0 Å². The Morgan fingerprint density at radius 2 is 1.56 bits per heavy atom. The molecule has 0 aliphatic carbocycles. The summed E-state index contributed by atoms with van der Waals surface area (Å²) in [4.78, 5) is 9.78. The van der Waals surface area contributed by atoms with Crippen LogP contribution in [0.2, 0.25) is 19.6 Å². The Bertz CT molecular complexity index is 3060. The van der Waals surface area contributed by atoms with Gasteiger partial charge in [-0.25, -0.2) is 0 Å². The Morgan fingerprint density at radius 1 is 0.814 bits per heavy atom. The van der Waals surface area contributed by atoms with Crippen molar-refractivity contribution < 1.29 is 25.6 Å². The van der Waals surface area contributed by atoms with Crippen molar-refractivity contribution in [3.8, 4) is 39.5 Å². The van der Waals surface area contributed by atoms with Gasteiger partial charge < -0.3 is 9.55 Å². The van der Waals surface area contributed by atoms with Crippen LogP contribution >= 0.6 is 11.3 Å². The summed E-state index contributed by atoms with van der Waals surface area (Å²) in [6.45, 7) is 15.2. The number of fused-ring (bicyclic) bond motifs is 4. The van der Waals surface area contributed by atoms with Crippen molar-refractivity contribution in [3.63, 3.8) is 0 Å². The summed E-state index contributed by atoms with van der Waals surface area (Å²) in [5.41, 5.74) is 10.7. The maximum atomic E-state index is 8.48.